The van der Waals surface area contributed by atoms with Crippen LogP contribution in [0.15, 0.2) is 48.5 Å². The molecule has 2 aromatic rings. The summed E-state index contributed by atoms with van der Waals surface area (Å²) >= 11 is 0. The number of nitrogens with one attached hydrogen (secondary N) is 1. The molecule has 1 heterocycles. The van der Waals surface area contributed by atoms with Crippen LogP contribution in [0, 0.1) is 0 Å². The minimum absolute atomic E-state index is 0.0535. The van der Waals surface area contributed by atoms with Crippen LogP contribution in [0.4, 0.5) is 5.69 Å². The Kier molecular flexibility index (Phi) is 3.64. The highest BCUT2D eigenvalue weighted by Crippen LogP contribution is 2.31. The zero-order chi connectivity index (χ0) is 14.7. The molecule has 0 radical (unpaired) electrons. The summed E-state index contributed by atoms with van der Waals surface area (Å²) in [6.07, 6.45) is 0. The van der Waals surface area contributed by atoms with Crippen molar-refractivity contribution in [3.8, 4) is 11.5 Å². The van der Waals surface area contributed by atoms with Gasteiger partial charge < -0.3 is 20.5 Å². The Morgan fingerprint density at radius 3 is 3.00 bits per heavy atom. The van der Waals surface area contributed by atoms with E-state index in [1.165, 1.54) is 0 Å². The van der Waals surface area contributed by atoms with Crippen molar-refractivity contribution in [1.29, 1.82) is 0 Å². The Labute approximate surface area is 122 Å². The van der Waals surface area contributed by atoms with Gasteiger partial charge in [-0.3, -0.25) is 4.79 Å². The van der Waals surface area contributed by atoms with Crippen molar-refractivity contribution in [2.45, 2.75) is 6.04 Å². The lowest BCUT2D eigenvalue weighted by Crippen LogP contribution is -2.33. The average molecular weight is 284 g/mol. The number of hydrogen-bond acceptors (Lipinski definition) is 4. The van der Waals surface area contributed by atoms with Gasteiger partial charge in [0.2, 0.25) is 0 Å². The molecule has 1 amide bonds. The number of nitrogens with two attached hydrogens (primary N) is 1. The van der Waals surface area contributed by atoms with E-state index in [1.807, 2.05) is 24.3 Å². The van der Waals surface area contributed by atoms with Gasteiger partial charge in [0, 0.05) is 17.3 Å². The van der Waals surface area contributed by atoms with Gasteiger partial charge in [0.05, 0.1) is 6.04 Å². The number of rotatable bonds is 4. The first-order valence-corrected chi connectivity index (χ1v) is 6.72. The van der Waals surface area contributed by atoms with Gasteiger partial charge in [-0.1, -0.05) is 24.3 Å². The Morgan fingerprint density at radius 1 is 1.29 bits per heavy atom. The fourth-order valence-electron chi connectivity index (χ4n) is 2.27. The molecule has 3 rings (SSSR count). The van der Waals surface area contributed by atoms with E-state index < -0.39 is 0 Å². The third-order valence-corrected chi connectivity index (χ3v) is 3.26. The molecule has 0 bridgehead atoms. The van der Waals surface area contributed by atoms with Crippen molar-refractivity contribution in [3.05, 3.63) is 54.1 Å². The summed E-state index contributed by atoms with van der Waals surface area (Å²) < 4.78 is 10.9. The van der Waals surface area contributed by atoms with Crippen molar-refractivity contribution >= 4 is 11.6 Å². The molecule has 0 aromatic heterocycles. The quantitative estimate of drug-likeness (QED) is 0.841. The molecule has 5 heteroatoms. The summed E-state index contributed by atoms with van der Waals surface area (Å²) in [7, 11) is 0. The van der Waals surface area contributed by atoms with Crippen LogP contribution in [-0.4, -0.2) is 19.1 Å². The Hall–Kier alpha value is -2.69. The minimum atomic E-state index is -0.192. The van der Waals surface area contributed by atoms with Gasteiger partial charge >= 0.3 is 0 Å². The first kappa shape index (κ1) is 13.3. The first-order chi connectivity index (χ1) is 10.2. The maximum Gasteiger partial charge on any atom is 0.258 e. The molecular weight excluding hydrogens is 268 g/mol. The highest BCUT2D eigenvalue weighted by atomic mass is 16.5. The van der Waals surface area contributed by atoms with Gasteiger partial charge in [-0.15, -0.1) is 0 Å². The van der Waals surface area contributed by atoms with Crippen LogP contribution in [0.25, 0.3) is 0 Å². The number of para-hydroxylation sites is 1. The largest absolute Gasteiger partial charge is 0.491 e. The summed E-state index contributed by atoms with van der Waals surface area (Å²) in [6.45, 7) is 0.394. The molecule has 0 saturated heterocycles. The Balaban J connectivity index is 1.56. The summed E-state index contributed by atoms with van der Waals surface area (Å²) in [6, 6.07) is 14.5. The number of hydrogen-bond donors (Lipinski definition) is 2. The molecule has 1 atom stereocenters. The van der Waals surface area contributed by atoms with E-state index in [-0.39, 0.29) is 18.6 Å². The minimum Gasteiger partial charge on any atom is -0.491 e. The fourth-order valence-corrected chi connectivity index (χ4v) is 2.27. The van der Waals surface area contributed by atoms with E-state index in [9.17, 15) is 4.79 Å². The highest BCUT2D eigenvalue weighted by molar-refractivity contribution is 5.78. The van der Waals surface area contributed by atoms with Crippen molar-refractivity contribution in [3.63, 3.8) is 0 Å². The molecule has 0 aliphatic carbocycles. The number of ether oxygens (including phenoxy) is 2. The van der Waals surface area contributed by atoms with Crippen LogP contribution >= 0.6 is 0 Å². The summed E-state index contributed by atoms with van der Waals surface area (Å²) in [4.78, 5) is 11.9. The normalized spacial score (nSPS) is 15.9. The van der Waals surface area contributed by atoms with E-state index in [1.54, 1.807) is 24.3 Å². The molecule has 0 spiro atoms. The average Bonchev–Trinajstić information content (AvgIpc) is 2.89. The maximum atomic E-state index is 11.9. The number of carbonyl (C=O) groups excluding carboxylic acids is 1. The number of fused-ring (bicyclic) bond motifs is 1. The molecule has 0 saturated carbocycles. The lowest BCUT2D eigenvalue weighted by molar-refractivity contribution is -0.123. The molecule has 5 nitrogen and oxygen atoms in total. The maximum absolute atomic E-state index is 11.9. The lowest BCUT2D eigenvalue weighted by atomic mass is 10.1. The number of anilines is 1. The zero-order valence-corrected chi connectivity index (χ0v) is 11.4. The van der Waals surface area contributed by atoms with Gasteiger partial charge in [-0.05, 0) is 18.2 Å². The van der Waals surface area contributed by atoms with E-state index in [0.717, 1.165) is 11.3 Å². The van der Waals surface area contributed by atoms with Crippen LogP contribution < -0.4 is 20.5 Å². The third-order valence-electron chi connectivity index (χ3n) is 3.26. The standard InChI is InChI=1S/C16H16N2O3/c17-11-4-3-5-12(8-11)20-10-16(19)18-14-9-21-15-7-2-1-6-13(14)15/h1-8,14H,9-10,17H2,(H,18,19). The van der Waals surface area contributed by atoms with Crippen molar-refractivity contribution in [2.24, 2.45) is 0 Å². The number of carbonyl (C=O) groups is 1. The van der Waals surface area contributed by atoms with Crippen LogP contribution in [0.1, 0.15) is 11.6 Å². The van der Waals surface area contributed by atoms with Crippen LogP contribution in [-0.2, 0) is 4.79 Å². The molecular formula is C16H16N2O3. The molecule has 0 fully saturated rings. The summed E-state index contributed by atoms with van der Waals surface area (Å²) in [5.74, 6) is 1.20. The highest BCUT2D eigenvalue weighted by Gasteiger charge is 2.24. The topological polar surface area (TPSA) is 73.6 Å². The van der Waals surface area contributed by atoms with Crippen molar-refractivity contribution in [2.75, 3.05) is 18.9 Å². The van der Waals surface area contributed by atoms with Crippen LogP contribution in [0.5, 0.6) is 11.5 Å². The van der Waals surface area contributed by atoms with Gasteiger partial charge in [-0.2, -0.15) is 0 Å². The fraction of sp³-hybridized carbons (Fsp3) is 0.188. The van der Waals surface area contributed by atoms with Crippen molar-refractivity contribution in [1.82, 2.24) is 5.32 Å². The molecule has 21 heavy (non-hydrogen) atoms. The second kappa shape index (κ2) is 5.75. The van der Waals surface area contributed by atoms with E-state index in [0.29, 0.717) is 18.0 Å². The number of benzene rings is 2. The number of amides is 1. The van der Waals surface area contributed by atoms with E-state index in [2.05, 4.69) is 5.32 Å². The van der Waals surface area contributed by atoms with Gasteiger partial charge in [0.15, 0.2) is 6.61 Å². The lowest BCUT2D eigenvalue weighted by Gasteiger charge is -2.12. The Morgan fingerprint density at radius 2 is 2.14 bits per heavy atom. The Bertz CT molecular complexity index is 657. The smallest absolute Gasteiger partial charge is 0.258 e. The molecule has 3 N–H and O–H groups in total. The van der Waals surface area contributed by atoms with Crippen LogP contribution in [0.2, 0.25) is 0 Å². The second-order valence-corrected chi connectivity index (χ2v) is 4.83. The summed E-state index contributed by atoms with van der Waals surface area (Å²) in [5, 5.41) is 2.90. The van der Waals surface area contributed by atoms with Gasteiger partial charge in [-0.25, -0.2) is 0 Å². The molecule has 108 valence electrons. The van der Waals surface area contributed by atoms with Gasteiger partial charge in [0.1, 0.15) is 18.1 Å². The molecule has 1 unspecified atom stereocenters. The number of nitrogen functional groups attached to an aromatic ring is 1. The predicted molar refractivity (Wildman–Crippen MR) is 79.2 cm³/mol. The van der Waals surface area contributed by atoms with Gasteiger partial charge in [0.25, 0.3) is 5.91 Å². The summed E-state index contributed by atoms with van der Waals surface area (Å²) in [5.41, 5.74) is 7.25. The predicted octanol–water partition coefficient (Wildman–Crippen LogP) is 1.90. The zero-order valence-electron chi connectivity index (χ0n) is 11.4. The van der Waals surface area contributed by atoms with Crippen LogP contribution in [0.3, 0.4) is 0 Å². The molecule has 1 aliphatic rings. The third kappa shape index (κ3) is 3.08. The second-order valence-electron chi connectivity index (χ2n) is 4.83. The van der Waals surface area contributed by atoms with E-state index in [4.69, 9.17) is 15.2 Å². The van der Waals surface area contributed by atoms with Crippen molar-refractivity contribution < 1.29 is 14.3 Å². The van der Waals surface area contributed by atoms with E-state index >= 15 is 0 Å². The molecule has 2 aromatic carbocycles. The first-order valence-electron chi connectivity index (χ1n) is 6.72. The SMILES string of the molecule is Nc1cccc(OCC(=O)NC2COc3ccccc32)c1. The monoisotopic (exact) mass is 284 g/mol. The molecule has 1 aliphatic heterocycles.